The number of aromatic nitrogens is 8. The van der Waals surface area contributed by atoms with Crippen molar-refractivity contribution in [2.45, 2.75) is 49.7 Å². The van der Waals surface area contributed by atoms with Crippen molar-refractivity contribution in [3.8, 4) is 17.2 Å². The lowest BCUT2D eigenvalue weighted by molar-refractivity contribution is 0.0953. The fourth-order valence-electron chi connectivity index (χ4n) is 4.11. The van der Waals surface area contributed by atoms with E-state index < -0.39 is 0 Å². The van der Waals surface area contributed by atoms with Crippen molar-refractivity contribution in [2.75, 3.05) is 6.61 Å². The zero-order chi connectivity index (χ0) is 22.8. The van der Waals surface area contributed by atoms with Gasteiger partial charge in [-0.25, -0.2) is 0 Å². The van der Waals surface area contributed by atoms with Crippen molar-refractivity contribution >= 4 is 24.0 Å². The summed E-state index contributed by atoms with van der Waals surface area (Å²) in [5.41, 5.74) is 3.08. The first-order chi connectivity index (χ1) is 16.1. The highest BCUT2D eigenvalue weighted by Gasteiger charge is 2.23. The number of thioether (sulfide) groups is 1. The molecule has 11 heteroatoms. The van der Waals surface area contributed by atoms with Gasteiger partial charge in [-0.05, 0) is 49.2 Å². The van der Waals surface area contributed by atoms with Crippen molar-refractivity contribution in [3.63, 3.8) is 0 Å². The second kappa shape index (κ2) is 9.62. The molecular formula is C22H26N8OS2. The van der Waals surface area contributed by atoms with Crippen LogP contribution in [0, 0.1) is 4.77 Å². The average Bonchev–Trinajstić information content (AvgIpc) is 3.62. The summed E-state index contributed by atoms with van der Waals surface area (Å²) in [5, 5.41) is 21.8. The van der Waals surface area contributed by atoms with Gasteiger partial charge in [0.15, 0.2) is 15.8 Å². The van der Waals surface area contributed by atoms with Gasteiger partial charge in [0.25, 0.3) is 0 Å². The molecule has 1 aliphatic heterocycles. The molecule has 0 bridgehead atoms. The number of hydrogen-bond donors (Lipinski definition) is 1. The fourth-order valence-corrected chi connectivity index (χ4v) is 5.22. The standard InChI is InChI=1S/C22H26N8OS2/c1-3-15-7-4-5-9-18(15)30-19(23-25-21(30)32)14-33-22-26-24-20(17-10-11-28(2)27-17)29(22)13-16-8-6-12-31-16/h4-5,7,9-11,16H,3,6,8,12-14H2,1-2H3,(H,25,32). The molecule has 0 aliphatic carbocycles. The zero-order valence-electron chi connectivity index (χ0n) is 18.6. The predicted molar refractivity (Wildman–Crippen MR) is 129 cm³/mol. The lowest BCUT2D eigenvalue weighted by Gasteiger charge is -2.14. The number of para-hydroxylation sites is 1. The SMILES string of the molecule is CCc1ccccc1-n1c(CSc2nnc(-c3ccn(C)n3)n2CC2CCCO2)n[nH]c1=S. The third-order valence-electron chi connectivity index (χ3n) is 5.76. The number of nitrogens with one attached hydrogen (secondary N) is 1. The quantitative estimate of drug-likeness (QED) is 0.300. The van der Waals surface area contributed by atoms with Gasteiger partial charge in [-0.1, -0.05) is 36.9 Å². The molecule has 33 heavy (non-hydrogen) atoms. The van der Waals surface area contributed by atoms with Gasteiger partial charge in [-0.3, -0.25) is 18.9 Å². The zero-order valence-corrected chi connectivity index (χ0v) is 20.3. The summed E-state index contributed by atoms with van der Waals surface area (Å²) in [5.74, 6) is 2.19. The van der Waals surface area contributed by atoms with Crippen LogP contribution in [0.4, 0.5) is 0 Å². The van der Waals surface area contributed by atoms with Crippen LogP contribution < -0.4 is 0 Å². The van der Waals surface area contributed by atoms with Crippen LogP contribution in [0.15, 0.2) is 41.7 Å². The van der Waals surface area contributed by atoms with E-state index in [1.54, 1.807) is 16.4 Å². The molecule has 1 aliphatic rings. The van der Waals surface area contributed by atoms with Gasteiger partial charge in [0.05, 0.1) is 24.1 Å². The maximum Gasteiger partial charge on any atom is 0.199 e. The normalized spacial score (nSPS) is 16.0. The lowest BCUT2D eigenvalue weighted by Crippen LogP contribution is -2.17. The largest absolute Gasteiger partial charge is 0.376 e. The monoisotopic (exact) mass is 482 g/mol. The van der Waals surface area contributed by atoms with Gasteiger partial charge in [0.2, 0.25) is 0 Å². The number of H-pyrrole nitrogens is 1. The Bertz CT molecular complexity index is 1300. The lowest BCUT2D eigenvalue weighted by atomic mass is 10.1. The molecule has 4 aromatic rings. The van der Waals surface area contributed by atoms with E-state index in [9.17, 15) is 0 Å². The minimum atomic E-state index is 0.161. The van der Waals surface area contributed by atoms with Gasteiger partial charge in [-0.2, -0.15) is 10.2 Å². The summed E-state index contributed by atoms with van der Waals surface area (Å²) in [4.78, 5) is 0. The van der Waals surface area contributed by atoms with Crippen molar-refractivity contribution in [3.05, 3.63) is 52.7 Å². The maximum absolute atomic E-state index is 5.90. The van der Waals surface area contributed by atoms with Crippen LogP contribution in [0.1, 0.15) is 31.2 Å². The Balaban J connectivity index is 1.45. The highest BCUT2D eigenvalue weighted by Crippen LogP contribution is 2.28. The molecule has 1 N–H and O–H groups in total. The van der Waals surface area contributed by atoms with Crippen LogP contribution in [0.25, 0.3) is 17.2 Å². The van der Waals surface area contributed by atoms with Crippen molar-refractivity contribution in [1.29, 1.82) is 0 Å². The molecule has 4 heterocycles. The molecular weight excluding hydrogens is 456 g/mol. The van der Waals surface area contributed by atoms with Crippen LogP contribution in [0.5, 0.6) is 0 Å². The van der Waals surface area contributed by atoms with Gasteiger partial charge in [0.1, 0.15) is 11.5 Å². The first-order valence-corrected chi connectivity index (χ1v) is 12.5. The summed E-state index contributed by atoms with van der Waals surface area (Å²) in [6, 6.07) is 10.2. The molecule has 1 aromatic carbocycles. The van der Waals surface area contributed by atoms with Crippen LogP contribution in [-0.4, -0.2) is 52.0 Å². The van der Waals surface area contributed by atoms with E-state index in [1.807, 2.05) is 36.0 Å². The molecule has 0 saturated carbocycles. The summed E-state index contributed by atoms with van der Waals surface area (Å²) in [6.07, 6.45) is 5.11. The number of hydrogen-bond acceptors (Lipinski definition) is 7. The predicted octanol–water partition coefficient (Wildman–Crippen LogP) is 3.96. The van der Waals surface area contributed by atoms with Crippen LogP contribution in [0.2, 0.25) is 0 Å². The van der Waals surface area contributed by atoms with Gasteiger partial charge in [0, 0.05) is 19.9 Å². The summed E-state index contributed by atoms with van der Waals surface area (Å²) in [6.45, 7) is 3.65. The third kappa shape index (κ3) is 4.53. The Morgan fingerprint density at radius 1 is 1.24 bits per heavy atom. The number of aryl methyl sites for hydroxylation is 2. The Kier molecular flexibility index (Phi) is 6.43. The van der Waals surface area contributed by atoms with Crippen molar-refractivity contribution in [2.24, 2.45) is 7.05 Å². The summed E-state index contributed by atoms with van der Waals surface area (Å²) < 4.78 is 12.4. The molecule has 0 radical (unpaired) electrons. The van der Waals surface area contributed by atoms with Crippen molar-refractivity contribution < 1.29 is 4.74 Å². The smallest absolute Gasteiger partial charge is 0.199 e. The second-order valence-corrected chi connectivity index (χ2v) is 9.31. The van der Waals surface area contributed by atoms with Gasteiger partial charge >= 0.3 is 0 Å². The van der Waals surface area contributed by atoms with E-state index in [1.165, 1.54) is 5.56 Å². The number of aromatic amines is 1. The van der Waals surface area contributed by atoms with E-state index in [0.29, 0.717) is 17.1 Å². The fraction of sp³-hybridized carbons (Fsp3) is 0.409. The van der Waals surface area contributed by atoms with E-state index >= 15 is 0 Å². The summed E-state index contributed by atoms with van der Waals surface area (Å²) >= 11 is 7.15. The van der Waals surface area contributed by atoms with E-state index in [4.69, 9.17) is 17.0 Å². The molecule has 1 saturated heterocycles. The number of nitrogens with zero attached hydrogens (tertiary/aromatic N) is 7. The Labute approximate surface area is 201 Å². The Morgan fingerprint density at radius 2 is 2.12 bits per heavy atom. The third-order valence-corrected chi connectivity index (χ3v) is 6.99. The summed E-state index contributed by atoms with van der Waals surface area (Å²) in [7, 11) is 1.90. The molecule has 9 nitrogen and oxygen atoms in total. The highest BCUT2D eigenvalue weighted by atomic mass is 32.2. The molecule has 1 atom stereocenters. The topological polar surface area (TPSA) is 91.4 Å². The van der Waals surface area contributed by atoms with Crippen molar-refractivity contribution in [1.82, 2.24) is 39.3 Å². The number of rotatable bonds is 8. The van der Waals surface area contributed by atoms with E-state index in [0.717, 1.165) is 54.1 Å². The first-order valence-electron chi connectivity index (χ1n) is 11.1. The number of ether oxygens (including phenoxy) is 1. The maximum atomic E-state index is 5.90. The second-order valence-electron chi connectivity index (χ2n) is 7.98. The van der Waals surface area contributed by atoms with Crippen LogP contribution in [0.3, 0.4) is 0 Å². The van der Waals surface area contributed by atoms with Crippen LogP contribution >= 0.6 is 24.0 Å². The Hall–Kier alpha value is -2.76. The molecule has 3 aromatic heterocycles. The Morgan fingerprint density at radius 3 is 2.88 bits per heavy atom. The van der Waals surface area contributed by atoms with E-state index in [2.05, 4.69) is 49.1 Å². The molecule has 1 fully saturated rings. The van der Waals surface area contributed by atoms with Gasteiger partial charge < -0.3 is 4.74 Å². The van der Waals surface area contributed by atoms with Crippen LogP contribution in [-0.2, 0) is 30.5 Å². The highest BCUT2D eigenvalue weighted by molar-refractivity contribution is 7.98. The molecule has 0 spiro atoms. The minimum Gasteiger partial charge on any atom is -0.376 e. The molecule has 1 unspecified atom stereocenters. The molecule has 172 valence electrons. The van der Waals surface area contributed by atoms with E-state index in [-0.39, 0.29) is 6.10 Å². The minimum absolute atomic E-state index is 0.161. The first kappa shape index (κ1) is 22.1. The molecule has 0 amide bonds. The average molecular weight is 483 g/mol. The molecule has 5 rings (SSSR count). The van der Waals surface area contributed by atoms with Gasteiger partial charge in [-0.15, -0.1) is 10.2 Å². The number of benzene rings is 1.